The zero-order valence-electron chi connectivity index (χ0n) is 11.5. The summed E-state index contributed by atoms with van der Waals surface area (Å²) in [4.78, 5) is 0. The predicted octanol–water partition coefficient (Wildman–Crippen LogP) is 2.43. The highest BCUT2D eigenvalue weighted by molar-refractivity contribution is 5.24. The van der Waals surface area contributed by atoms with E-state index in [-0.39, 0.29) is 6.04 Å². The van der Waals surface area contributed by atoms with Crippen LogP contribution in [0, 0.1) is 0 Å². The predicted molar refractivity (Wildman–Crippen MR) is 77.6 cm³/mol. The lowest BCUT2D eigenvalue weighted by Gasteiger charge is -2.24. The molecule has 0 aliphatic heterocycles. The smallest absolute Gasteiger partial charge is 0.142 e. The van der Waals surface area contributed by atoms with Gasteiger partial charge in [0.1, 0.15) is 12.1 Å². The van der Waals surface area contributed by atoms with Crippen LogP contribution in [0.25, 0.3) is 0 Å². The molecule has 19 heavy (non-hydrogen) atoms. The summed E-state index contributed by atoms with van der Waals surface area (Å²) in [5.74, 6) is 0. The minimum atomic E-state index is -0.494. The molecule has 2 rings (SSSR count). The summed E-state index contributed by atoms with van der Waals surface area (Å²) < 4.78 is 0. The Balaban J connectivity index is 2.28. The van der Waals surface area contributed by atoms with Crippen molar-refractivity contribution in [1.29, 1.82) is 0 Å². The SMILES string of the molecule is CC(C)[NH2+][C@H](c1ccccc1)[C@@H](O)c1ccccc1. The maximum atomic E-state index is 10.7. The second-order valence-corrected chi connectivity index (χ2v) is 5.23. The number of aliphatic hydroxyl groups is 1. The fourth-order valence-electron chi connectivity index (χ4n) is 2.35. The largest absolute Gasteiger partial charge is 0.382 e. The molecule has 3 N–H and O–H groups in total. The third-order valence-corrected chi connectivity index (χ3v) is 3.26. The first-order valence-electron chi connectivity index (χ1n) is 6.81. The minimum Gasteiger partial charge on any atom is -0.382 e. The van der Waals surface area contributed by atoms with E-state index in [0.717, 1.165) is 11.1 Å². The van der Waals surface area contributed by atoms with E-state index < -0.39 is 6.10 Å². The Morgan fingerprint density at radius 3 is 1.74 bits per heavy atom. The van der Waals surface area contributed by atoms with E-state index in [1.807, 2.05) is 48.5 Å². The van der Waals surface area contributed by atoms with Crippen molar-refractivity contribution < 1.29 is 10.4 Å². The van der Waals surface area contributed by atoms with Crippen molar-refractivity contribution >= 4 is 0 Å². The van der Waals surface area contributed by atoms with Crippen LogP contribution in [-0.4, -0.2) is 11.1 Å². The number of aliphatic hydroxyl groups excluding tert-OH is 1. The van der Waals surface area contributed by atoms with Crippen LogP contribution in [0.15, 0.2) is 60.7 Å². The normalized spacial score (nSPS) is 14.3. The van der Waals surface area contributed by atoms with Gasteiger partial charge in [-0.1, -0.05) is 60.7 Å². The topological polar surface area (TPSA) is 36.8 Å². The Labute approximate surface area is 115 Å². The highest BCUT2D eigenvalue weighted by Crippen LogP contribution is 2.25. The van der Waals surface area contributed by atoms with E-state index in [1.54, 1.807) is 0 Å². The molecule has 2 atom stereocenters. The fraction of sp³-hybridized carbons (Fsp3) is 0.294. The molecular weight excluding hydrogens is 234 g/mol. The molecule has 0 saturated carbocycles. The molecule has 0 fully saturated rings. The second kappa shape index (κ2) is 6.50. The highest BCUT2D eigenvalue weighted by Gasteiger charge is 2.26. The molecule has 2 aromatic rings. The van der Waals surface area contributed by atoms with Gasteiger partial charge < -0.3 is 10.4 Å². The molecule has 0 amide bonds. The summed E-state index contributed by atoms with van der Waals surface area (Å²) in [6.07, 6.45) is -0.494. The molecule has 100 valence electrons. The van der Waals surface area contributed by atoms with Gasteiger partial charge in [0.05, 0.1) is 6.04 Å². The molecule has 0 heterocycles. The maximum Gasteiger partial charge on any atom is 0.142 e. The minimum absolute atomic E-state index is 0.0311. The van der Waals surface area contributed by atoms with E-state index in [2.05, 4.69) is 31.3 Å². The van der Waals surface area contributed by atoms with Crippen LogP contribution in [0.4, 0.5) is 0 Å². The first-order chi connectivity index (χ1) is 9.18. The van der Waals surface area contributed by atoms with Gasteiger partial charge in [-0.2, -0.15) is 0 Å². The second-order valence-electron chi connectivity index (χ2n) is 5.23. The zero-order valence-corrected chi connectivity index (χ0v) is 11.5. The lowest BCUT2D eigenvalue weighted by molar-refractivity contribution is -0.730. The van der Waals surface area contributed by atoms with Crippen LogP contribution >= 0.6 is 0 Å². The van der Waals surface area contributed by atoms with Crippen LogP contribution in [0.1, 0.15) is 37.1 Å². The Hall–Kier alpha value is -1.64. The quantitative estimate of drug-likeness (QED) is 0.847. The maximum absolute atomic E-state index is 10.7. The molecular formula is C17H22NO+. The van der Waals surface area contributed by atoms with Crippen LogP contribution in [-0.2, 0) is 0 Å². The van der Waals surface area contributed by atoms with Gasteiger partial charge in [0.15, 0.2) is 0 Å². The van der Waals surface area contributed by atoms with Crippen molar-refractivity contribution in [3.8, 4) is 0 Å². The third kappa shape index (κ3) is 3.66. The first kappa shape index (κ1) is 13.8. The molecule has 0 bridgehead atoms. The van der Waals surface area contributed by atoms with Crippen LogP contribution in [0.5, 0.6) is 0 Å². The van der Waals surface area contributed by atoms with E-state index in [9.17, 15) is 5.11 Å². The number of quaternary nitrogens is 1. The van der Waals surface area contributed by atoms with Gasteiger partial charge in [-0.25, -0.2) is 0 Å². The number of benzene rings is 2. The average Bonchev–Trinajstić information content (AvgIpc) is 2.46. The lowest BCUT2D eigenvalue weighted by atomic mass is 9.95. The van der Waals surface area contributed by atoms with Crippen LogP contribution in [0.3, 0.4) is 0 Å². The first-order valence-corrected chi connectivity index (χ1v) is 6.81. The molecule has 0 radical (unpaired) electrons. The molecule has 0 aliphatic carbocycles. The Bertz CT molecular complexity index is 481. The van der Waals surface area contributed by atoms with E-state index in [0.29, 0.717) is 6.04 Å². The molecule has 2 nitrogen and oxygen atoms in total. The summed E-state index contributed by atoms with van der Waals surface area (Å²) in [7, 11) is 0. The van der Waals surface area contributed by atoms with Gasteiger partial charge in [0, 0.05) is 5.56 Å². The van der Waals surface area contributed by atoms with Crippen molar-refractivity contribution in [2.75, 3.05) is 0 Å². The number of nitrogens with two attached hydrogens (primary N) is 1. The van der Waals surface area contributed by atoms with Gasteiger partial charge in [0.2, 0.25) is 0 Å². The highest BCUT2D eigenvalue weighted by atomic mass is 16.3. The molecule has 0 spiro atoms. The molecule has 2 heteroatoms. The van der Waals surface area contributed by atoms with Crippen molar-refractivity contribution in [2.45, 2.75) is 32.0 Å². The van der Waals surface area contributed by atoms with Crippen molar-refractivity contribution in [3.63, 3.8) is 0 Å². The molecule has 0 unspecified atom stereocenters. The molecule has 0 aliphatic rings. The van der Waals surface area contributed by atoms with Crippen molar-refractivity contribution in [3.05, 3.63) is 71.8 Å². The summed E-state index contributed by atoms with van der Waals surface area (Å²) in [5.41, 5.74) is 2.13. The number of hydrogen-bond donors (Lipinski definition) is 2. The average molecular weight is 256 g/mol. The van der Waals surface area contributed by atoms with Crippen LogP contribution < -0.4 is 5.32 Å². The number of rotatable bonds is 5. The van der Waals surface area contributed by atoms with Gasteiger partial charge in [-0.3, -0.25) is 0 Å². The van der Waals surface area contributed by atoms with Crippen molar-refractivity contribution in [2.24, 2.45) is 0 Å². The summed E-state index contributed by atoms with van der Waals surface area (Å²) in [6, 6.07) is 20.5. The molecule has 0 aromatic heterocycles. The van der Waals surface area contributed by atoms with E-state index in [4.69, 9.17) is 0 Å². The van der Waals surface area contributed by atoms with Gasteiger partial charge in [-0.15, -0.1) is 0 Å². The number of hydrogen-bond acceptors (Lipinski definition) is 1. The van der Waals surface area contributed by atoms with E-state index >= 15 is 0 Å². The summed E-state index contributed by atoms with van der Waals surface area (Å²) in [5, 5.41) is 12.9. The van der Waals surface area contributed by atoms with Gasteiger partial charge >= 0.3 is 0 Å². The summed E-state index contributed by atoms with van der Waals surface area (Å²) >= 11 is 0. The Kier molecular flexibility index (Phi) is 4.72. The zero-order chi connectivity index (χ0) is 13.7. The van der Waals surface area contributed by atoms with Crippen LogP contribution in [0.2, 0.25) is 0 Å². The summed E-state index contributed by atoms with van der Waals surface area (Å²) in [6.45, 7) is 4.29. The monoisotopic (exact) mass is 256 g/mol. The standard InChI is InChI=1S/C17H21NO/c1-13(2)18-16(14-9-5-3-6-10-14)17(19)15-11-7-4-8-12-15/h3-13,16-19H,1-2H3/p+1/t16-,17+/m1/s1. The molecule has 0 saturated heterocycles. The Morgan fingerprint density at radius 1 is 0.789 bits per heavy atom. The Morgan fingerprint density at radius 2 is 1.26 bits per heavy atom. The van der Waals surface area contributed by atoms with E-state index in [1.165, 1.54) is 0 Å². The van der Waals surface area contributed by atoms with Gasteiger partial charge in [0.25, 0.3) is 0 Å². The van der Waals surface area contributed by atoms with Gasteiger partial charge in [-0.05, 0) is 19.4 Å². The third-order valence-electron chi connectivity index (χ3n) is 3.26. The molecule has 2 aromatic carbocycles. The van der Waals surface area contributed by atoms with Crippen molar-refractivity contribution in [1.82, 2.24) is 0 Å². The lowest BCUT2D eigenvalue weighted by Crippen LogP contribution is -2.90. The fourth-order valence-corrected chi connectivity index (χ4v) is 2.35.